The second kappa shape index (κ2) is 4.27. The molecule has 0 bridgehead atoms. The fourth-order valence-electron chi connectivity index (χ4n) is 0.434. The molecule has 0 aliphatic rings. The highest BCUT2D eigenvalue weighted by atomic mass is 16.4. The predicted molar refractivity (Wildman–Crippen MR) is 39.7 cm³/mol. The number of hydrogen-bond donors (Lipinski definition) is 2. The van der Waals surface area contributed by atoms with Gasteiger partial charge in [-0.1, -0.05) is 13.2 Å². The molecule has 0 radical (unpaired) electrons. The summed E-state index contributed by atoms with van der Waals surface area (Å²) >= 11 is 0. The van der Waals surface area contributed by atoms with E-state index in [2.05, 4.69) is 18.5 Å². The Morgan fingerprint density at radius 3 is 2.45 bits per heavy atom. The van der Waals surface area contributed by atoms with Gasteiger partial charge in [0.05, 0.1) is 6.42 Å². The van der Waals surface area contributed by atoms with Crippen LogP contribution in [0.1, 0.15) is 6.42 Å². The number of amides is 1. The summed E-state index contributed by atoms with van der Waals surface area (Å²) < 4.78 is 0. The van der Waals surface area contributed by atoms with Gasteiger partial charge < -0.3 is 10.4 Å². The van der Waals surface area contributed by atoms with Crippen LogP contribution < -0.4 is 5.32 Å². The first-order chi connectivity index (χ1) is 5.07. The Hall–Kier alpha value is -1.58. The molecule has 0 aromatic rings. The number of hydrogen-bond acceptors (Lipinski definition) is 2. The van der Waals surface area contributed by atoms with Gasteiger partial charge in [0, 0.05) is 5.57 Å². The molecule has 60 valence electrons. The predicted octanol–water partition coefficient (Wildman–Crippen LogP) is 0.277. The van der Waals surface area contributed by atoms with Crippen LogP contribution in [0.5, 0.6) is 0 Å². The Morgan fingerprint density at radius 2 is 2.09 bits per heavy atom. The average Bonchev–Trinajstić information content (AvgIpc) is 1.87. The van der Waals surface area contributed by atoms with Gasteiger partial charge in [-0.2, -0.15) is 0 Å². The van der Waals surface area contributed by atoms with E-state index in [0.29, 0.717) is 0 Å². The maximum absolute atomic E-state index is 10.7. The maximum Gasteiger partial charge on any atom is 0.331 e. The first-order valence-corrected chi connectivity index (χ1v) is 2.89. The summed E-state index contributed by atoms with van der Waals surface area (Å²) in [5, 5.41) is 10.5. The minimum absolute atomic E-state index is 0.135. The molecular weight excluding hydrogens is 146 g/mol. The molecule has 0 spiro atoms. The second-order valence-electron chi connectivity index (χ2n) is 1.86. The lowest BCUT2D eigenvalue weighted by atomic mass is 10.2. The zero-order chi connectivity index (χ0) is 8.85. The lowest BCUT2D eigenvalue weighted by Gasteiger charge is -1.97. The van der Waals surface area contributed by atoms with Crippen molar-refractivity contribution in [2.75, 3.05) is 0 Å². The molecule has 0 aliphatic heterocycles. The van der Waals surface area contributed by atoms with Gasteiger partial charge in [0.1, 0.15) is 0 Å². The number of carbonyl (C=O) groups is 2. The van der Waals surface area contributed by atoms with Crippen molar-refractivity contribution < 1.29 is 14.7 Å². The third kappa shape index (κ3) is 3.91. The fourth-order valence-corrected chi connectivity index (χ4v) is 0.434. The maximum atomic E-state index is 10.7. The van der Waals surface area contributed by atoms with E-state index in [-0.39, 0.29) is 12.0 Å². The minimum atomic E-state index is -1.16. The highest BCUT2D eigenvalue weighted by molar-refractivity contribution is 5.93. The molecule has 0 aromatic carbocycles. The van der Waals surface area contributed by atoms with Crippen LogP contribution in [-0.2, 0) is 9.59 Å². The van der Waals surface area contributed by atoms with E-state index in [0.717, 1.165) is 0 Å². The first kappa shape index (κ1) is 9.42. The van der Waals surface area contributed by atoms with Crippen LogP contribution in [0.2, 0.25) is 0 Å². The smallest absolute Gasteiger partial charge is 0.331 e. The Labute approximate surface area is 64.2 Å². The summed E-state index contributed by atoms with van der Waals surface area (Å²) in [6.45, 7) is 6.43. The van der Waals surface area contributed by atoms with E-state index < -0.39 is 11.9 Å². The van der Waals surface area contributed by atoms with Gasteiger partial charge in [-0.05, 0) is 6.20 Å². The van der Waals surface area contributed by atoms with Crippen molar-refractivity contribution in [2.24, 2.45) is 0 Å². The summed E-state index contributed by atoms with van der Waals surface area (Å²) in [5.41, 5.74) is -0.135. The normalized spacial score (nSPS) is 8.36. The van der Waals surface area contributed by atoms with Crippen LogP contribution in [0.3, 0.4) is 0 Å². The van der Waals surface area contributed by atoms with Crippen molar-refractivity contribution in [1.82, 2.24) is 5.32 Å². The molecule has 1 amide bonds. The molecule has 0 unspecified atom stereocenters. The van der Waals surface area contributed by atoms with Crippen molar-refractivity contribution in [1.29, 1.82) is 0 Å². The topological polar surface area (TPSA) is 66.4 Å². The number of nitrogens with one attached hydrogen (secondary N) is 1. The summed E-state index contributed by atoms with van der Waals surface area (Å²) in [6, 6.07) is 0. The van der Waals surface area contributed by atoms with E-state index in [4.69, 9.17) is 5.11 Å². The summed E-state index contributed by atoms with van der Waals surface area (Å²) in [4.78, 5) is 20.8. The molecule has 0 rings (SSSR count). The van der Waals surface area contributed by atoms with Gasteiger partial charge in [0.25, 0.3) is 0 Å². The summed E-state index contributed by atoms with van der Waals surface area (Å²) in [6.07, 6.45) is 0.985. The van der Waals surface area contributed by atoms with Gasteiger partial charge in [0.2, 0.25) is 5.91 Å². The third-order valence-corrected chi connectivity index (χ3v) is 0.939. The van der Waals surface area contributed by atoms with Gasteiger partial charge in [-0.25, -0.2) is 4.79 Å². The van der Waals surface area contributed by atoms with E-state index in [9.17, 15) is 9.59 Å². The van der Waals surface area contributed by atoms with E-state index >= 15 is 0 Å². The van der Waals surface area contributed by atoms with E-state index in [1.54, 1.807) is 0 Å². The third-order valence-electron chi connectivity index (χ3n) is 0.939. The van der Waals surface area contributed by atoms with Crippen LogP contribution in [0, 0.1) is 0 Å². The molecule has 0 aromatic heterocycles. The highest BCUT2D eigenvalue weighted by Crippen LogP contribution is 1.96. The molecule has 0 saturated carbocycles. The molecule has 0 aliphatic carbocycles. The molecule has 0 fully saturated rings. The van der Waals surface area contributed by atoms with Gasteiger partial charge in [-0.15, -0.1) is 0 Å². The average molecular weight is 155 g/mol. The molecular formula is C7H9NO3. The lowest BCUT2D eigenvalue weighted by Crippen LogP contribution is -2.18. The Balaban J connectivity index is 3.85. The molecule has 0 atom stereocenters. The van der Waals surface area contributed by atoms with Crippen LogP contribution in [0.15, 0.2) is 24.9 Å². The molecule has 4 heteroatoms. The van der Waals surface area contributed by atoms with Crippen molar-refractivity contribution in [3.05, 3.63) is 24.9 Å². The molecule has 0 heterocycles. The first-order valence-electron chi connectivity index (χ1n) is 2.89. The van der Waals surface area contributed by atoms with Crippen molar-refractivity contribution in [3.8, 4) is 0 Å². The summed E-state index contributed by atoms with van der Waals surface area (Å²) in [7, 11) is 0. The monoisotopic (exact) mass is 155 g/mol. The Kier molecular flexibility index (Phi) is 3.66. The van der Waals surface area contributed by atoms with Crippen LogP contribution >= 0.6 is 0 Å². The SMILES string of the molecule is C=CNC(=O)CC(=C)C(=O)O. The van der Waals surface area contributed by atoms with Crippen LogP contribution in [0.4, 0.5) is 0 Å². The Morgan fingerprint density at radius 1 is 1.55 bits per heavy atom. The zero-order valence-corrected chi connectivity index (χ0v) is 5.96. The van der Waals surface area contributed by atoms with E-state index in [1.807, 2.05) is 0 Å². The quantitative estimate of drug-likeness (QED) is 0.573. The van der Waals surface area contributed by atoms with Crippen molar-refractivity contribution >= 4 is 11.9 Å². The van der Waals surface area contributed by atoms with Gasteiger partial charge in [0.15, 0.2) is 0 Å². The second-order valence-corrected chi connectivity index (χ2v) is 1.86. The molecule has 2 N–H and O–H groups in total. The standard InChI is InChI=1S/C7H9NO3/c1-3-8-6(9)4-5(2)7(10)11/h3H,1-2,4H2,(H,8,9)(H,10,11). The molecule has 11 heavy (non-hydrogen) atoms. The van der Waals surface area contributed by atoms with Crippen molar-refractivity contribution in [3.63, 3.8) is 0 Å². The highest BCUT2D eigenvalue weighted by Gasteiger charge is 2.07. The molecule has 0 saturated heterocycles. The number of aliphatic carboxylic acids is 1. The number of carbonyl (C=O) groups excluding carboxylic acids is 1. The molecule has 4 nitrogen and oxygen atoms in total. The zero-order valence-electron chi connectivity index (χ0n) is 5.96. The largest absolute Gasteiger partial charge is 0.478 e. The number of rotatable bonds is 4. The van der Waals surface area contributed by atoms with Gasteiger partial charge in [-0.3, -0.25) is 4.79 Å². The summed E-state index contributed by atoms with van der Waals surface area (Å²) in [5.74, 6) is -1.59. The van der Waals surface area contributed by atoms with Crippen LogP contribution in [0.25, 0.3) is 0 Å². The minimum Gasteiger partial charge on any atom is -0.478 e. The van der Waals surface area contributed by atoms with Crippen molar-refractivity contribution in [2.45, 2.75) is 6.42 Å². The Bertz CT molecular complexity index is 208. The number of carboxylic acid groups (broad SMARTS) is 1. The van der Waals surface area contributed by atoms with Crippen LogP contribution in [-0.4, -0.2) is 17.0 Å². The number of carboxylic acids is 1. The lowest BCUT2D eigenvalue weighted by molar-refractivity contribution is -0.134. The fraction of sp³-hybridized carbons (Fsp3) is 0.143. The van der Waals surface area contributed by atoms with Gasteiger partial charge >= 0.3 is 5.97 Å². The van der Waals surface area contributed by atoms with E-state index in [1.165, 1.54) is 6.20 Å².